The largest absolute Gasteiger partial charge is 0.392 e. The van der Waals surface area contributed by atoms with Gasteiger partial charge in [-0.15, -0.1) is 11.3 Å². The van der Waals surface area contributed by atoms with E-state index in [2.05, 4.69) is 34.6 Å². The second kappa shape index (κ2) is 7.34. The number of hydrogen-bond donors (Lipinski definition) is 2. The highest BCUT2D eigenvalue weighted by molar-refractivity contribution is 7.14. The maximum atomic E-state index is 9.33. The van der Waals surface area contributed by atoms with E-state index in [1.807, 2.05) is 54.5 Å². The zero-order valence-corrected chi connectivity index (χ0v) is 16.0. The fourth-order valence-corrected chi connectivity index (χ4v) is 3.58. The van der Waals surface area contributed by atoms with Crippen LogP contribution in [0.5, 0.6) is 0 Å². The first kappa shape index (κ1) is 17.5. The predicted octanol–water partition coefficient (Wildman–Crippen LogP) is 4.85. The Hall–Kier alpha value is -2.96. The first-order valence-corrected chi connectivity index (χ1v) is 9.55. The molecular formula is C21H20N4OS. The number of aliphatic hydroxyl groups excluding tert-OH is 1. The lowest BCUT2D eigenvalue weighted by atomic mass is 10.1. The molecule has 0 aliphatic rings. The summed E-state index contributed by atoms with van der Waals surface area (Å²) < 4.78 is 2.00. The summed E-state index contributed by atoms with van der Waals surface area (Å²) in [5.74, 6) is 0. The van der Waals surface area contributed by atoms with E-state index >= 15 is 0 Å². The molecule has 0 amide bonds. The van der Waals surface area contributed by atoms with Crippen molar-refractivity contribution < 1.29 is 5.11 Å². The standard InChI is InChI=1S/C21H20N4OS/c1-14-3-4-16(11-26)9-19(14)23-21-24-20(12-27-21)17-5-7-18(8-6-17)25-10-15(2)22-13-25/h3-10,12-13,26H,11H2,1-2H3,(H,23,24). The average molecular weight is 376 g/mol. The highest BCUT2D eigenvalue weighted by atomic mass is 32.1. The number of rotatable bonds is 5. The number of nitrogens with zero attached hydrogens (tertiary/aromatic N) is 3. The van der Waals surface area contributed by atoms with Gasteiger partial charge in [-0.25, -0.2) is 9.97 Å². The fraction of sp³-hybridized carbons (Fsp3) is 0.143. The lowest BCUT2D eigenvalue weighted by Crippen LogP contribution is -1.95. The number of nitrogens with one attached hydrogen (secondary N) is 1. The molecule has 0 saturated carbocycles. The van der Waals surface area contributed by atoms with Gasteiger partial charge in [-0.1, -0.05) is 24.3 Å². The summed E-state index contributed by atoms with van der Waals surface area (Å²) in [6, 6.07) is 14.2. The van der Waals surface area contributed by atoms with Gasteiger partial charge in [0.15, 0.2) is 5.13 Å². The molecule has 0 fully saturated rings. The van der Waals surface area contributed by atoms with Crippen LogP contribution >= 0.6 is 11.3 Å². The van der Waals surface area contributed by atoms with E-state index in [-0.39, 0.29) is 6.61 Å². The van der Waals surface area contributed by atoms with Gasteiger partial charge in [0, 0.05) is 28.5 Å². The molecule has 0 atom stereocenters. The zero-order valence-electron chi connectivity index (χ0n) is 15.2. The van der Waals surface area contributed by atoms with E-state index in [1.54, 1.807) is 11.3 Å². The molecule has 0 unspecified atom stereocenters. The zero-order chi connectivity index (χ0) is 18.8. The van der Waals surface area contributed by atoms with Gasteiger partial charge < -0.3 is 15.0 Å². The van der Waals surface area contributed by atoms with Crippen LogP contribution in [0.25, 0.3) is 16.9 Å². The van der Waals surface area contributed by atoms with Gasteiger partial charge in [-0.05, 0) is 43.2 Å². The number of benzene rings is 2. The van der Waals surface area contributed by atoms with Crippen LogP contribution in [0.15, 0.2) is 60.4 Å². The van der Waals surface area contributed by atoms with Crippen molar-refractivity contribution in [2.75, 3.05) is 5.32 Å². The molecule has 0 bridgehead atoms. The Morgan fingerprint density at radius 2 is 1.93 bits per heavy atom. The highest BCUT2D eigenvalue weighted by Gasteiger charge is 2.08. The minimum atomic E-state index is 0.0286. The molecule has 4 aromatic rings. The van der Waals surface area contributed by atoms with Gasteiger partial charge in [-0.2, -0.15) is 0 Å². The molecule has 6 heteroatoms. The molecule has 0 aliphatic carbocycles. The van der Waals surface area contributed by atoms with Crippen molar-refractivity contribution in [3.05, 3.63) is 77.2 Å². The SMILES string of the molecule is Cc1cn(-c2ccc(-c3csc(Nc4cc(CO)ccc4C)n3)cc2)cn1. The predicted molar refractivity (Wildman–Crippen MR) is 110 cm³/mol. The topological polar surface area (TPSA) is 63.0 Å². The first-order valence-electron chi connectivity index (χ1n) is 8.67. The third-order valence-electron chi connectivity index (χ3n) is 4.40. The average Bonchev–Trinajstić information content (AvgIpc) is 3.33. The molecule has 5 nitrogen and oxygen atoms in total. The van der Waals surface area contributed by atoms with E-state index < -0.39 is 0 Å². The van der Waals surface area contributed by atoms with Crippen molar-refractivity contribution in [1.82, 2.24) is 14.5 Å². The minimum Gasteiger partial charge on any atom is -0.392 e. The summed E-state index contributed by atoms with van der Waals surface area (Å²) in [7, 11) is 0. The van der Waals surface area contributed by atoms with Gasteiger partial charge in [-0.3, -0.25) is 0 Å². The van der Waals surface area contributed by atoms with Crippen LogP contribution in [0.2, 0.25) is 0 Å². The molecule has 2 aromatic heterocycles. The van der Waals surface area contributed by atoms with Crippen LogP contribution in [0.3, 0.4) is 0 Å². The molecule has 2 heterocycles. The lowest BCUT2D eigenvalue weighted by molar-refractivity contribution is 0.282. The van der Waals surface area contributed by atoms with Gasteiger partial charge in [0.1, 0.15) is 0 Å². The number of hydrogen-bond acceptors (Lipinski definition) is 5. The number of thiazole rings is 1. The Kier molecular flexibility index (Phi) is 4.75. The second-order valence-electron chi connectivity index (χ2n) is 6.44. The maximum absolute atomic E-state index is 9.33. The van der Waals surface area contributed by atoms with E-state index in [0.29, 0.717) is 0 Å². The number of imidazole rings is 1. The Morgan fingerprint density at radius 3 is 2.63 bits per heavy atom. The van der Waals surface area contributed by atoms with Crippen LogP contribution in [0.4, 0.5) is 10.8 Å². The molecule has 4 rings (SSSR count). The molecule has 0 aliphatic heterocycles. The molecule has 136 valence electrons. The number of aryl methyl sites for hydroxylation is 2. The first-order chi connectivity index (χ1) is 13.1. The summed E-state index contributed by atoms with van der Waals surface area (Å²) in [6.45, 7) is 4.04. The Morgan fingerprint density at radius 1 is 1.11 bits per heavy atom. The summed E-state index contributed by atoms with van der Waals surface area (Å²) in [4.78, 5) is 8.97. The van der Waals surface area contributed by atoms with Crippen LogP contribution < -0.4 is 5.32 Å². The molecule has 2 N–H and O–H groups in total. The highest BCUT2D eigenvalue weighted by Crippen LogP contribution is 2.29. The van der Waals surface area contributed by atoms with E-state index in [0.717, 1.165) is 44.6 Å². The van der Waals surface area contributed by atoms with E-state index in [9.17, 15) is 5.11 Å². The second-order valence-corrected chi connectivity index (χ2v) is 7.30. The number of aliphatic hydroxyl groups is 1. The van der Waals surface area contributed by atoms with Crippen LogP contribution in [0, 0.1) is 13.8 Å². The molecule has 0 radical (unpaired) electrons. The fourth-order valence-electron chi connectivity index (χ4n) is 2.85. The minimum absolute atomic E-state index is 0.0286. The van der Waals surface area contributed by atoms with Crippen molar-refractivity contribution in [2.45, 2.75) is 20.5 Å². The quantitative estimate of drug-likeness (QED) is 0.523. The van der Waals surface area contributed by atoms with Gasteiger partial charge in [0.2, 0.25) is 0 Å². The molecule has 0 saturated heterocycles. The Bertz CT molecular complexity index is 1070. The summed E-state index contributed by atoms with van der Waals surface area (Å²) in [6.07, 6.45) is 3.82. The number of anilines is 2. The monoisotopic (exact) mass is 376 g/mol. The van der Waals surface area contributed by atoms with Gasteiger partial charge in [0.05, 0.1) is 24.3 Å². The normalized spacial score (nSPS) is 10.9. The van der Waals surface area contributed by atoms with Crippen molar-refractivity contribution in [3.8, 4) is 16.9 Å². The molecular weight excluding hydrogens is 356 g/mol. The Balaban J connectivity index is 1.54. The smallest absolute Gasteiger partial charge is 0.187 e. The van der Waals surface area contributed by atoms with Crippen molar-refractivity contribution >= 4 is 22.2 Å². The molecule has 0 spiro atoms. The third-order valence-corrected chi connectivity index (χ3v) is 5.16. The summed E-state index contributed by atoms with van der Waals surface area (Å²) >= 11 is 1.57. The van der Waals surface area contributed by atoms with Crippen LogP contribution in [0.1, 0.15) is 16.8 Å². The van der Waals surface area contributed by atoms with Crippen molar-refractivity contribution in [3.63, 3.8) is 0 Å². The Labute approximate surface area is 162 Å². The maximum Gasteiger partial charge on any atom is 0.187 e. The van der Waals surface area contributed by atoms with Crippen LogP contribution in [-0.2, 0) is 6.61 Å². The van der Waals surface area contributed by atoms with Crippen LogP contribution in [-0.4, -0.2) is 19.6 Å². The molecule has 27 heavy (non-hydrogen) atoms. The van der Waals surface area contributed by atoms with Gasteiger partial charge in [0.25, 0.3) is 0 Å². The lowest BCUT2D eigenvalue weighted by Gasteiger charge is -2.08. The third kappa shape index (κ3) is 3.77. The molecule has 2 aromatic carbocycles. The summed E-state index contributed by atoms with van der Waals surface area (Å²) in [5.41, 5.74) is 7.04. The van der Waals surface area contributed by atoms with E-state index in [4.69, 9.17) is 4.98 Å². The van der Waals surface area contributed by atoms with E-state index in [1.165, 1.54) is 0 Å². The summed E-state index contributed by atoms with van der Waals surface area (Å²) in [5, 5.41) is 15.6. The van der Waals surface area contributed by atoms with Crippen molar-refractivity contribution in [2.24, 2.45) is 0 Å². The van der Waals surface area contributed by atoms with Crippen molar-refractivity contribution in [1.29, 1.82) is 0 Å². The number of aromatic nitrogens is 3. The van der Waals surface area contributed by atoms with Gasteiger partial charge >= 0.3 is 0 Å².